The minimum absolute atomic E-state index is 0.0280. The van der Waals surface area contributed by atoms with Crippen LogP contribution in [0.15, 0.2) is 11.7 Å². The van der Waals surface area contributed by atoms with Gasteiger partial charge in [-0.25, -0.2) is 9.97 Å². The third-order valence-electron chi connectivity index (χ3n) is 5.70. The van der Waals surface area contributed by atoms with Crippen molar-refractivity contribution in [1.29, 1.82) is 0 Å². The number of likely N-dealkylation sites (N-methyl/N-ethyl adjacent to an activating group) is 1. The molecule has 1 N–H and O–H groups in total. The van der Waals surface area contributed by atoms with Crippen LogP contribution in [0.2, 0.25) is 0 Å². The van der Waals surface area contributed by atoms with Crippen molar-refractivity contribution in [2.75, 3.05) is 26.7 Å². The van der Waals surface area contributed by atoms with Crippen LogP contribution < -0.4 is 0 Å². The van der Waals surface area contributed by atoms with Crippen molar-refractivity contribution in [2.45, 2.75) is 44.6 Å². The van der Waals surface area contributed by atoms with E-state index in [1.807, 2.05) is 16.6 Å². The number of aromatic amines is 1. The van der Waals surface area contributed by atoms with Crippen LogP contribution in [-0.2, 0) is 18.4 Å². The molecule has 0 aromatic carbocycles. The first-order chi connectivity index (χ1) is 12.1. The molecule has 0 aliphatic carbocycles. The zero-order valence-corrected chi connectivity index (χ0v) is 15.7. The lowest BCUT2D eigenvalue weighted by molar-refractivity contribution is 0.0223. The summed E-state index contributed by atoms with van der Waals surface area (Å²) in [7, 11) is 2.19. The summed E-state index contributed by atoms with van der Waals surface area (Å²) < 4.78 is 0. The van der Waals surface area contributed by atoms with Crippen molar-refractivity contribution in [3.8, 4) is 0 Å². The molecule has 134 valence electrons. The summed E-state index contributed by atoms with van der Waals surface area (Å²) in [5.41, 5.74) is 3.04. The van der Waals surface area contributed by atoms with Gasteiger partial charge in [0.15, 0.2) is 0 Å². The van der Waals surface area contributed by atoms with Gasteiger partial charge >= 0.3 is 0 Å². The van der Waals surface area contributed by atoms with Crippen LogP contribution in [-0.4, -0.2) is 57.3 Å². The molecule has 7 heteroatoms. The maximum absolute atomic E-state index is 12.8. The van der Waals surface area contributed by atoms with Gasteiger partial charge < -0.3 is 9.88 Å². The van der Waals surface area contributed by atoms with E-state index in [0.717, 1.165) is 56.7 Å². The summed E-state index contributed by atoms with van der Waals surface area (Å²) in [6, 6.07) is 0. The van der Waals surface area contributed by atoms with E-state index in [-0.39, 0.29) is 11.4 Å². The lowest BCUT2D eigenvalue weighted by Crippen LogP contribution is -2.55. The van der Waals surface area contributed by atoms with E-state index >= 15 is 0 Å². The van der Waals surface area contributed by atoms with Crippen molar-refractivity contribution in [1.82, 2.24) is 24.8 Å². The predicted molar refractivity (Wildman–Crippen MR) is 97.8 cm³/mol. The number of piperidine rings is 1. The number of nitrogens with one attached hydrogen (secondary N) is 1. The first kappa shape index (κ1) is 16.7. The maximum Gasteiger partial charge on any atom is 0.273 e. The average Bonchev–Trinajstić information content (AvgIpc) is 3.28. The molecule has 1 amide bonds. The number of likely N-dealkylation sites (tertiary alicyclic amines) is 1. The van der Waals surface area contributed by atoms with Crippen LogP contribution >= 0.6 is 11.3 Å². The monoisotopic (exact) mass is 359 g/mol. The molecule has 2 aromatic rings. The predicted octanol–water partition coefficient (Wildman–Crippen LogP) is 2.44. The zero-order chi connectivity index (χ0) is 17.4. The number of hydrogen-bond donors (Lipinski definition) is 1. The number of carbonyl (C=O) groups is 1. The Kier molecular flexibility index (Phi) is 4.37. The van der Waals surface area contributed by atoms with Gasteiger partial charge in [0.25, 0.3) is 5.91 Å². The molecule has 1 saturated heterocycles. The highest BCUT2D eigenvalue weighted by atomic mass is 32.1. The number of amides is 1. The van der Waals surface area contributed by atoms with E-state index in [4.69, 9.17) is 0 Å². The Bertz CT molecular complexity index is 759. The number of hydrogen-bond acceptors (Lipinski definition) is 5. The Hall–Kier alpha value is -1.73. The third-order valence-corrected chi connectivity index (χ3v) is 6.61. The minimum Gasteiger partial charge on any atom is -0.348 e. The first-order valence-corrected chi connectivity index (χ1v) is 9.99. The Labute approximate surface area is 152 Å². The van der Waals surface area contributed by atoms with E-state index in [1.54, 1.807) is 11.3 Å². The van der Waals surface area contributed by atoms with Crippen LogP contribution in [0, 0.1) is 0 Å². The smallest absolute Gasteiger partial charge is 0.273 e. The van der Waals surface area contributed by atoms with Crippen LogP contribution in [0.4, 0.5) is 0 Å². The summed E-state index contributed by atoms with van der Waals surface area (Å²) in [4.78, 5) is 29.6. The molecule has 2 aliphatic heterocycles. The quantitative estimate of drug-likeness (QED) is 0.914. The molecule has 1 fully saturated rings. The van der Waals surface area contributed by atoms with Gasteiger partial charge in [-0.3, -0.25) is 9.69 Å². The minimum atomic E-state index is -0.0280. The standard InChI is InChI=1S/C18H25N5OS/c1-3-4-15-21-14(11-25-15)17(24)23-9-6-18(7-10-23)16-13(19-12-20-16)5-8-22(18)2/h11-12H,3-10H2,1-2H3,(H,19,20). The van der Waals surface area contributed by atoms with Crippen molar-refractivity contribution in [2.24, 2.45) is 0 Å². The fourth-order valence-corrected chi connectivity index (χ4v) is 5.06. The molecule has 4 rings (SSSR count). The SMILES string of the molecule is CCCc1nc(C(=O)N2CCC3(CC2)c2nc[nH]c2CCN3C)cs1. The van der Waals surface area contributed by atoms with Gasteiger partial charge in [-0.15, -0.1) is 11.3 Å². The van der Waals surface area contributed by atoms with Gasteiger partial charge in [0, 0.05) is 37.1 Å². The van der Waals surface area contributed by atoms with E-state index in [1.165, 1.54) is 11.4 Å². The molecule has 0 unspecified atom stereocenters. The Morgan fingerprint density at radius 2 is 2.16 bits per heavy atom. The van der Waals surface area contributed by atoms with Crippen LogP contribution in [0.1, 0.15) is 53.1 Å². The Balaban J connectivity index is 1.49. The van der Waals surface area contributed by atoms with Gasteiger partial charge in [-0.1, -0.05) is 6.92 Å². The summed E-state index contributed by atoms with van der Waals surface area (Å²) in [5, 5.41) is 2.98. The van der Waals surface area contributed by atoms with Gasteiger partial charge in [0.05, 0.1) is 22.6 Å². The number of H-pyrrole nitrogens is 1. The third kappa shape index (κ3) is 2.79. The fraction of sp³-hybridized carbons (Fsp3) is 0.611. The lowest BCUT2D eigenvalue weighted by Gasteiger charge is -2.49. The number of aryl methyl sites for hydroxylation is 1. The van der Waals surface area contributed by atoms with Gasteiger partial charge in [0.1, 0.15) is 5.69 Å². The highest BCUT2D eigenvalue weighted by Crippen LogP contribution is 2.41. The number of rotatable bonds is 3. The fourth-order valence-electron chi connectivity index (χ4n) is 4.18. The average molecular weight is 359 g/mol. The molecule has 25 heavy (non-hydrogen) atoms. The second-order valence-corrected chi connectivity index (χ2v) is 8.04. The summed E-state index contributed by atoms with van der Waals surface area (Å²) in [6.45, 7) is 4.69. The molecular weight excluding hydrogens is 334 g/mol. The topological polar surface area (TPSA) is 65.1 Å². The molecule has 6 nitrogen and oxygen atoms in total. The molecule has 0 saturated carbocycles. The van der Waals surface area contributed by atoms with Gasteiger partial charge in [0.2, 0.25) is 0 Å². The molecule has 1 spiro atoms. The van der Waals surface area contributed by atoms with Crippen molar-refractivity contribution in [3.05, 3.63) is 33.8 Å². The lowest BCUT2D eigenvalue weighted by atomic mass is 9.79. The summed E-state index contributed by atoms with van der Waals surface area (Å²) in [5.74, 6) is 0.0779. The molecule has 2 aliphatic rings. The number of fused-ring (bicyclic) bond motifs is 2. The molecular formula is C18H25N5OS. The molecule has 2 aromatic heterocycles. The van der Waals surface area contributed by atoms with Crippen molar-refractivity contribution in [3.63, 3.8) is 0 Å². The van der Waals surface area contributed by atoms with Gasteiger partial charge in [-0.05, 0) is 32.7 Å². The number of aromatic nitrogens is 3. The van der Waals surface area contributed by atoms with Crippen molar-refractivity contribution < 1.29 is 4.79 Å². The van der Waals surface area contributed by atoms with Crippen LogP contribution in [0.5, 0.6) is 0 Å². The Morgan fingerprint density at radius 3 is 2.92 bits per heavy atom. The second kappa shape index (κ2) is 6.53. The van der Waals surface area contributed by atoms with E-state index < -0.39 is 0 Å². The molecule has 4 heterocycles. The van der Waals surface area contributed by atoms with E-state index in [9.17, 15) is 4.79 Å². The number of carbonyl (C=O) groups excluding carboxylic acids is 1. The molecule has 0 radical (unpaired) electrons. The zero-order valence-electron chi connectivity index (χ0n) is 14.9. The molecule has 0 bridgehead atoms. The normalized spacial score (nSPS) is 20.0. The largest absolute Gasteiger partial charge is 0.348 e. The van der Waals surface area contributed by atoms with Gasteiger partial charge in [-0.2, -0.15) is 0 Å². The Morgan fingerprint density at radius 1 is 1.36 bits per heavy atom. The molecule has 0 atom stereocenters. The number of thiazole rings is 1. The van der Waals surface area contributed by atoms with Crippen LogP contribution in [0.3, 0.4) is 0 Å². The number of imidazole rings is 1. The summed E-state index contributed by atoms with van der Waals surface area (Å²) >= 11 is 1.60. The second-order valence-electron chi connectivity index (χ2n) is 7.10. The van der Waals surface area contributed by atoms with E-state index in [0.29, 0.717) is 5.69 Å². The van der Waals surface area contributed by atoms with E-state index in [2.05, 4.69) is 33.8 Å². The highest BCUT2D eigenvalue weighted by Gasteiger charge is 2.45. The summed E-state index contributed by atoms with van der Waals surface area (Å²) in [6.07, 6.45) is 6.71. The highest BCUT2D eigenvalue weighted by molar-refractivity contribution is 7.09. The number of nitrogens with zero attached hydrogens (tertiary/aromatic N) is 4. The van der Waals surface area contributed by atoms with Crippen LogP contribution in [0.25, 0.3) is 0 Å². The maximum atomic E-state index is 12.8. The van der Waals surface area contributed by atoms with Crippen molar-refractivity contribution >= 4 is 17.2 Å². The first-order valence-electron chi connectivity index (χ1n) is 9.11.